The van der Waals surface area contributed by atoms with E-state index < -0.39 is 47.9 Å². The number of amides is 3. The van der Waals surface area contributed by atoms with Gasteiger partial charge in [0.05, 0.1) is 12.4 Å². The number of nitrogens with one attached hydrogen (secondary N) is 4. The predicted octanol–water partition coefficient (Wildman–Crippen LogP) is -0.850. The molecule has 0 saturated carbocycles. The van der Waals surface area contributed by atoms with Gasteiger partial charge in [0, 0.05) is 18.3 Å². The summed E-state index contributed by atoms with van der Waals surface area (Å²) in [6.45, 7) is 8.26. The van der Waals surface area contributed by atoms with Crippen molar-refractivity contribution in [2.75, 3.05) is 0 Å². The Balaban J connectivity index is 2.69. The zero-order chi connectivity index (χ0) is 23.0. The molecule has 1 aromatic heterocycles. The van der Waals surface area contributed by atoms with Crippen molar-refractivity contribution in [3.63, 3.8) is 0 Å². The van der Waals surface area contributed by atoms with E-state index in [0.717, 1.165) is 0 Å². The lowest BCUT2D eigenvalue weighted by Crippen LogP contribution is -2.58. The molecule has 4 atom stereocenters. The lowest BCUT2D eigenvalue weighted by molar-refractivity contribution is -0.143. The smallest absolute Gasteiger partial charge is 0.326 e. The number of carboxylic acid groups (broad SMARTS) is 1. The van der Waals surface area contributed by atoms with Crippen molar-refractivity contribution in [3.05, 3.63) is 18.2 Å². The molecule has 168 valence electrons. The summed E-state index contributed by atoms with van der Waals surface area (Å²) in [5.41, 5.74) is 6.54. The number of nitrogens with zero attached hydrogens (tertiary/aromatic N) is 1. The van der Waals surface area contributed by atoms with E-state index >= 15 is 0 Å². The van der Waals surface area contributed by atoms with E-state index in [1.807, 2.05) is 0 Å². The van der Waals surface area contributed by atoms with Gasteiger partial charge in [-0.15, -0.1) is 0 Å². The second-order valence-electron chi connectivity index (χ2n) is 7.92. The molecule has 11 heteroatoms. The van der Waals surface area contributed by atoms with Gasteiger partial charge in [-0.05, 0) is 18.8 Å². The number of hydrogen-bond acceptors (Lipinski definition) is 6. The second kappa shape index (κ2) is 11.3. The Bertz CT molecular complexity index is 734. The quantitative estimate of drug-likeness (QED) is 0.268. The van der Waals surface area contributed by atoms with Crippen molar-refractivity contribution in [1.29, 1.82) is 0 Å². The minimum Gasteiger partial charge on any atom is -0.480 e. The molecule has 4 unspecified atom stereocenters. The summed E-state index contributed by atoms with van der Waals surface area (Å²) in [5, 5.41) is 16.8. The Morgan fingerprint density at radius 2 is 1.53 bits per heavy atom. The zero-order valence-corrected chi connectivity index (χ0v) is 17.9. The molecule has 0 radical (unpaired) electrons. The van der Waals surface area contributed by atoms with E-state index in [2.05, 4.69) is 25.9 Å². The summed E-state index contributed by atoms with van der Waals surface area (Å²) in [4.78, 5) is 55.3. The third kappa shape index (κ3) is 7.47. The number of nitrogens with two attached hydrogens (primary N) is 1. The lowest BCUT2D eigenvalue weighted by Gasteiger charge is -2.27. The van der Waals surface area contributed by atoms with Gasteiger partial charge in [0.25, 0.3) is 0 Å². The van der Waals surface area contributed by atoms with Crippen LogP contribution >= 0.6 is 0 Å². The molecule has 1 rings (SSSR count). The molecule has 0 fully saturated rings. The Morgan fingerprint density at radius 3 is 2.00 bits per heavy atom. The number of rotatable bonds is 11. The number of imidazole rings is 1. The van der Waals surface area contributed by atoms with E-state index in [0.29, 0.717) is 5.69 Å². The zero-order valence-electron chi connectivity index (χ0n) is 17.9. The molecule has 0 aliphatic carbocycles. The van der Waals surface area contributed by atoms with Crippen LogP contribution in [0.15, 0.2) is 12.5 Å². The van der Waals surface area contributed by atoms with Crippen LogP contribution in [0.3, 0.4) is 0 Å². The van der Waals surface area contributed by atoms with Crippen LogP contribution in [0.25, 0.3) is 0 Å². The van der Waals surface area contributed by atoms with Gasteiger partial charge in [-0.25, -0.2) is 9.78 Å². The molecular weight excluding hydrogens is 392 g/mol. The third-order valence-electron chi connectivity index (χ3n) is 4.56. The normalized spacial score (nSPS) is 15.2. The second-order valence-corrected chi connectivity index (χ2v) is 7.92. The maximum Gasteiger partial charge on any atom is 0.326 e. The van der Waals surface area contributed by atoms with Crippen LogP contribution < -0.4 is 21.7 Å². The highest BCUT2D eigenvalue weighted by atomic mass is 16.4. The van der Waals surface area contributed by atoms with Crippen molar-refractivity contribution in [2.24, 2.45) is 17.6 Å². The molecule has 0 aromatic carbocycles. The molecule has 0 aliphatic heterocycles. The molecule has 3 amide bonds. The molecule has 0 bridgehead atoms. The fourth-order valence-corrected chi connectivity index (χ4v) is 2.68. The van der Waals surface area contributed by atoms with Gasteiger partial charge in [-0.3, -0.25) is 14.4 Å². The topological polar surface area (TPSA) is 179 Å². The SMILES string of the molecule is CC(NC(=O)C(N)Cc1cnc[nH]1)C(=O)NC(C(=O)NC(C(=O)O)C(C)C)C(C)C. The minimum atomic E-state index is -1.15. The maximum atomic E-state index is 12.6. The lowest BCUT2D eigenvalue weighted by atomic mass is 10.00. The first kappa shape index (κ1) is 25.1. The van der Waals surface area contributed by atoms with Crippen LogP contribution in [0.5, 0.6) is 0 Å². The van der Waals surface area contributed by atoms with Crippen molar-refractivity contribution >= 4 is 23.7 Å². The number of hydrogen-bond donors (Lipinski definition) is 6. The van der Waals surface area contributed by atoms with E-state index in [4.69, 9.17) is 5.73 Å². The van der Waals surface area contributed by atoms with Gasteiger partial charge in [0.1, 0.15) is 18.1 Å². The Kier molecular flexibility index (Phi) is 9.44. The highest BCUT2D eigenvalue weighted by Gasteiger charge is 2.31. The van der Waals surface area contributed by atoms with Gasteiger partial charge < -0.3 is 31.8 Å². The summed E-state index contributed by atoms with van der Waals surface area (Å²) >= 11 is 0. The molecule has 1 aromatic rings. The number of aliphatic carboxylic acids is 1. The molecule has 7 N–H and O–H groups in total. The van der Waals surface area contributed by atoms with Crippen LogP contribution in [-0.4, -0.2) is 62.9 Å². The Labute approximate surface area is 175 Å². The van der Waals surface area contributed by atoms with Crippen LogP contribution in [0, 0.1) is 11.8 Å². The fourth-order valence-electron chi connectivity index (χ4n) is 2.68. The third-order valence-corrected chi connectivity index (χ3v) is 4.56. The molecule has 30 heavy (non-hydrogen) atoms. The summed E-state index contributed by atoms with van der Waals surface area (Å²) in [5.74, 6) is -3.50. The Morgan fingerprint density at radius 1 is 0.967 bits per heavy atom. The van der Waals surface area contributed by atoms with Crippen LogP contribution in [-0.2, 0) is 25.6 Å². The average molecular weight is 425 g/mol. The number of H-pyrrole nitrogens is 1. The first-order valence-corrected chi connectivity index (χ1v) is 9.80. The molecule has 0 saturated heterocycles. The van der Waals surface area contributed by atoms with Crippen molar-refractivity contribution in [1.82, 2.24) is 25.9 Å². The summed E-state index contributed by atoms with van der Waals surface area (Å²) in [7, 11) is 0. The van der Waals surface area contributed by atoms with E-state index in [9.17, 15) is 24.3 Å². The van der Waals surface area contributed by atoms with Crippen molar-refractivity contribution in [3.8, 4) is 0 Å². The molecule has 1 heterocycles. The predicted molar refractivity (Wildman–Crippen MR) is 109 cm³/mol. The largest absolute Gasteiger partial charge is 0.480 e. The number of carboxylic acids is 1. The highest BCUT2D eigenvalue weighted by Crippen LogP contribution is 2.07. The summed E-state index contributed by atoms with van der Waals surface area (Å²) < 4.78 is 0. The van der Waals surface area contributed by atoms with Crippen molar-refractivity contribution < 1.29 is 24.3 Å². The average Bonchev–Trinajstić information content (AvgIpc) is 3.15. The van der Waals surface area contributed by atoms with E-state index in [1.165, 1.54) is 13.3 Å². The van der Waals surface area contributed by atoms with Gasteiger partial charge in [-0.2, -0.15) is 0 Å². The monoisotopic (exact) mass is 424 g/mol. The van der Waals surface area contributed by atoms with E-state index in [-0.39, 0.29) is 18.3 Å². The molecular formula is C19H32N6O5. The number of aromatic amines is 1. The van der Waals surface area contributed by atoms with Gasteiger partial charge in [-0.1, -0.05) is 27.7 Å². The standard InChI is InChI=1S/C19H32N6O5/c1-9(2)14(18(28)25-15(10(3)4)19(29)30)24-16(26)11(5)23-17(27)13(20)6-12-7-21-8-22-12/h7-11,13-15H,6,20H2,1-5H3,(H,21,22)(H,23,27)(H,24,26)(H,25,28)(H,29,30). The summed E-state index contributed by atoms with van der Waals surface area (Å²) in [6.07, 6.45) is 3.25. The number of aromatic nitrogens is 2. The minimum absolute atomic E-state index is 0.225. The van der Waals surface area contributed by atoms with Gasteiger partial charge in [0.2, 0.25) is 17.7 Å². The maximum absolute atomic E-state index is 12.6. The van der Waals surface area contributed by atoms with Crippen LogP contribution in [0.1, 0.15) is 40.3 Å². The van der Waals surface area contributed by atoms with E-state index in [1.54, 1.807) is 33.9 Å². The number of carbonyl (C=O) groups is 4. The first-order valence-electron chi connectivity index (χ1n) is 9.80. The Hall–Kier alpha value is -2.95. The van der Waals surface area contributed by atoms with Gasteiger partial charge >= 0.3 is 5.97 Å². The highest BCUT2D eigenvalue weighted by molar-refractivity contribution is 5.94. The molecule has 11 nitrogen and oxygen atoms in total. The molecule has 0 spiro atoms. The fraction of sp³-hybridized carbons (Fsp3) is 0.632. The first-order chi connectivity index (χ1) is 13.9. The number of carbonyl (C=O) groups excluding carboxylic acids is 3. The summed E-state index contributed by atoms with van der Waals surface area (Å²) in [6, 6.07) is -3.86. The van der Waals surface area contributed by atoms with Crippen molar-refractivity contribution in [2.45, 2.75) is 65.2 Å². The molecule has 0 aliphatic rings. The van der Waals surface area contributed by atoms with Gasteiger partial charge in [0.15, 0.2) is 0 Å². The van der Waals surface area contributed by atoms with Crippen LogP contribution in [0.2, 0.25) is 0 Å². The van der Waals surface area contributed by atoms with Crippen LogP contribution in [0.4, 0.5) is 0 Å².